The zero-order valence-corrected chi connectivity index (χ0v) is 10.4. The second-order valence-corrected chi connectivity index (χ2v) is 4.53. The molecule has 2 N–H and O–H groups in total. The Bertz CT molecular complexity index is 525. The molecule has 0 saturated heterocycles. The number of amides is 1. The number of hydrogen-bond acceptors (Lipinski definition) is 3. The Morgan fingerprint density at radius 2 is 2.16 bits per heavy atom. The van der Waals surface area contributed by atoms with Crippen LogP contribution in [0.2, 0.25) is 0 Å². The number of hydrogen-bond donors (Lipinski definition) is 2. The van der Waals surface area contributed by atoms with E-state index >= 15 is 0 Å². The Labute approximate surface area is 109 Å². The van der Waals surface area contributed by atoms with Crippen molar-refractivity contribution in [2.24, 2.45) is 5.41 Å². The van der Waals surface area contributed by atoms with E-state index in [4.69, 9.17) is 9.84 Å². The smallest absolute Gasteiger partial charge is 0.319 e. The molecule has 19 heavy (non-hydrogen) atoms. The van der Waals surface area contributed by atoms with E-state index in [-0.39, 0.29) is 6.54 Å². The van der Waals surface area contributed by atoms with Gasteiger partial charge in [0.05, 0.1) is 7.11 Å². The van der Waals surface area contributed by atoms with Crippen LogP contribution in [0, 0.1) is 11.2 Å². The number of methoxy groups -OCH3 is 1. The molecule has 0 bridgehead atoms. The van der Waals surface area contributed by atoms with E-state index in [0.717, 1.165) is 0 Å². The third kappa shape index (κ3) is 2.52. The maximum Gasteiger partial charge on any atom is 0.319 e. The molecule has 0 atom stereocenters. The van der Waals surface area contributed by atoms with Crippen LogP contribution < -0.4 is 10.1 Å². The number of carbonyl (C=O) groups excluding carboxylic acids is 1. The van der Waals surface area contributed by atoms with Crippen LogP contribution in [0.15, 0.2) is 18.2 Å². The number of halogens is 1. The van der Waals surface area contributed by atoms with Crippen LogP contribution in [0.25, 0.3) is 0 Å². The molecule has 0 radical (unpaired) electrons. The number of ether oxygens (including phenoxy) is 1. The average Bonchev–Trinajstić information content (AvgIpc) is 3.17. The summed E-state index contributed by atoms with van der Waals surface area (Å²) in [5, 5.41) is 11.5. The standard InChI is InChI=1S/C13H14FNO4/c1-19-10-3-2-9(14)6-8(10)7-15-11(16)13(4-5-13)12(17)18/h2-3,6H,4-5,7H2,1H3,(H,15,16)(H,17,18). The zero-order chi connectivity index (χ0) is 14.0. The Morgan fingerprint density at radius 3 is 2.68 bits per heavy atom. The number of carboxylic acid groups (broad SMARTS) is 1. The summed E-state index contributed by atoms with van der Waals surface area (Å²) in [6.45, 7) is 0.0365. The summed E-state index contributed by atoms with van der Waals surface area (Å²) in [5.41, 5.74) is -0.822. The van der Waals surface area contributed by atoms with Crippen LogP contribution in [0.1, 0.15) is 18.4 Å². The van der Waals surface area contributed by atoms with Gasteiger partial charge in [0.2, 0.25) is 5.91 Å². The largest absolute Gasteiger partial charge is 0.496 e. The Hall–Kier alpha value is -2.11. The molecule has 0 spiro atoms. The summed E-state index contributed by atoms with van der Waals surface area (Å²) in [5.74, 6) is -1.64. The lowest BCUT2D eigenvalue weighted by molar-refractivity contribution is -0.149. The normalized spacial score (nSPS) is 15.7. The van der Waals surface area contributed by atoms with Gasteiger partial charge in [-0.15, -0.1) is 0 Å². The number of carbonyl (C=O) groups is 2. The summed E-state index contributed by atoms with van der Waals surface area (Å²) >= 11 is 0. The Kier molecular flexibility index (Phi) is 3.42. The summed E-state index contributed by atoms with van der Waals surface area (Å²) in [7, 11) is 1.44. The van der Waals surface area contributed by atoms with E-state index in [2.05, 4.69) is 5.32 Å². The molecule has 1 fully saturated rings. The maximum atomic E-state index is 13.1. The third-order valence-electron chi connectivity index (χ3n) is 3.28. The fourth-order valence-corrected chi connectivity index (χ4v) is 1.89. The molecule has 0 aromatic heterocycles. The van der Waals surface area contributed by atoms with Gasteiger partial charge >= 0.3 is 5.97 Å². The zero-order valence-electron chi connectivity index (χ0n) is 10.4. The average molecular weight is 267 g/mol. The van der Waals surface area contributed by atoms with Gasteiger partial charge in [-0.2, -0.15) is 0 Å². The predicted octanol–water partition coefficient (Wildman–Crippen LogP) is 1.32. The van der Waals surface area contributed by atoms with Crippen molar-refractivity contribution in [3.05, 3.63) is 29.6 Å². The number of rotatable bonds is 5. The van der Waals surface area contributed by atoms with Crippen molar-refractivity contribution < 1.29 is 23.8 Å². The molecular weight excluding hydrogens is 253 g/mol. The highest BCUT2D eigenvalue weighted by atomic mass is 19.1. The van der Waals surface area contributed by atoms with Crippen molar-refractivity contribution in [2.45, 2.75) is 19.4 Å². The van der Waals surface area contributed by atoms with Gasteiger partial charge < -0.3 is 15.2 Å². The first-order valence-electron chi connectivity index (χ1n) is 5.84. The fraction of sp³-hybridized carbons (Fsp3) is 0.385. The summed E-state index contributed by atoms with van der Waals surface area (Å²) in [6, 6.07) is 3.96. The third-order valence-corrected chi connectivity index (χ3v) is 3.28. The minimum atomic E-state index is -1.29. The fourth-order valence-electron chi connectivity index (χ4n) is 1.89. The molecule has 0 unspecified atom stereocenters. The molecule has 102 valence electrons. The van der Waals surface area contributed by atoms with Gasteiger partial charge in [0, 0.05) is 12.1 Å². The lowest BCUT2D eigenvalue weighted by Crippen LogP contribution is -2.36. The molecule has 1 saturated carbocycles. The highest BCUT2D eigenvalue weighted by Crippen LogP contribution is 2.46. The highest BCUT2D eigenvalue weighted by Gasteiger charge is 2.56. The van der Waals surface area contributed by atoms with Crippen molar-refractivity contribution in [3.8, 4) is 5.75 Å². The molecular formula is C13H14FNO4. The molecule has 0 heterocycles. The van der Waals surface area contributed by atoms with Crippen LogP contribution in [0.5, 0.6) is 5.75 Å². The molecule has 6 heteroatoms. The van der Waals surface area contributed by atoms with E-state index in [1.54, 1.807) is 0 Å². The van der Waals surface area contributed by atoms with Crippen molar-refractivity contribution >= 4 is 11.9 Å². The van der Waals surface area contributed by atoms with Crippen molar-refractivity contribution in [1.29, 1.82) is 0 Å². The molecule has 1 aromatic rings. The van der Waals surface area contributed by atoms with Gasteiger partial charge in [-0.3, -0.25) is 9.59 Å². The van der Waals surface area contributed by atoms with Crippen LogP contribution in [0.4, 0.5) is 4.39 Å². The van der Waals surface area contributed by atoms with E-state index in [1.165, 1.54) is 25.3 Å². The van der Waals surface area contributed by atoms with Gasteiger partial charge in [0.1, 0.15) is 17.0 Å². The van der Waals surface area contributed by atoms with Gasteiger partial charge in [0.25, 0.3) is 0 Å². The monoisotopic (exact) mass is 267 g/mol. The van der Waals surface area contributed by atoms with Crippen molar-refractivity contribution in [3.63, 3.8) is 0 Å². The molecule has 0 aliphatic heterocycles. The lowest BCUT2D eigenvalue weighted by atomic mass is 10.1. The van der Waals surface area contributed by atoms with Crippen LogP contribution >= 0.6 is 0 Å². The first kappa shape index (κ1) is 13.3. The molecule has 1 aliphatic carbocycles. The first-order valence-corrected chi connectivity index (χ1v) is 5.84. The van der Waals surface area contributed by atoms with Crippen LogP contribution in [-0.4, -0.2) is 24.1 Å². The van der Waals surface area contributed by atoms with E-state index in [0.29, 0.717) is 24.2 Å². The minimum absolute atomic E-state index is 0.0365. The summed E-state index contributed by atoms with van der Waals surface area (Å²) < 4.78 is 18.2. The Morgan fingerprint density at radius 1 is 1.47 bits per heavy atom. The number of carboxylic acids is 1. The minimum Gasteiger partial charge on any atom is -0.496 e. The highest BCUT2D eigenvalue weighted by molar-refractivity contribution is 6.04. The second-order valence-electron chi connectivity index (χ2n) is 4.53. The summed E-state index contributed by atoms with van der Waals surface area (Å²) in [6.07, 6.45) is 0.683. The Balaban J connectivity index is 2.05. The van der Waals surface area contributed by atoms with Crippen molar-refractivity contribution in [2.75, 3.05) is 7.11 Å². The van der Waals surface area contributed by atoms with Gasteiger partial charge in [-0.1, -0.05) is 0 Å². The van der Waals surface area contributed by atoms with Gasteiger partial charge in [-0.05, 0) is 31.0 Å². The lowest BCUT2D eigenvalue weighted by Gasteiger charge is -2.13. The second kappa shape index (κ2) is 4.87. The van der Waals surface area contributed by atoms with Gasteiger partial charge in [0.15, 0.2) is 0 Å². The number of benzene rings is 1. The SMILES string of the molecule is COc1ccc(F)cc1CNC(=O)C1(C(=O)O)CC1. The molecule has 1 aliphatic rings. The van der Waals surface area contributed by atoms with Crippen molar-refractivity contribution in [1.82, 2.24) is 5.32 Å². The van der Waals surface area contributed by atoms with E-state index in [1.807, 2.05) is 0 Å². The van der Waals surface area contributed by atoms with Crippen LogP contribution in [0.3, 0.4) is 0 Å². The van der Waals surface area contributed by atoms with E-state index in [9.17, 15) is 14.0 Å². The van der Waals surface area contributed by atoms with Gasteiger partial charge in [-0.25, -0.2) is 4.39 Å². The molecule has 1 aromatic carbocycles. The first-order chi connectivity index (χ1) is 8.99. The quantitative estimate of drug-likeness (QED) is 0.789. The molecule has 5 nitrogen and oxygen atoms in total. The number of aliphatic carboxylic acids is 1. The summed E-state index contributed by atoms with van der Waals surface area (Å²) in [4.78, 5) is 22.8. The maximum absolute atomic E-state index is 13.1. The topological polar surface area (TPSA) is 75.6 Å². The predicted molar refractivity (Wildman–Crippen MR) is 64.1 cm³/mol. The van der Waals surface area contributed by atoms with Crippen LogP contribution in [-0.2, 0) is 16.1 Å². The molecule has 1 amide bonds. The molecule has 2 rings (SSSR count). The van der Waals surface area contributed by atoms with E-state index < -0.39 is 23.1 Å². The number of nitrogens with one attached hydrogen (secondary N) is 1.